The van der Waals surface area contributed by atoms with E-state index in [0.717, 1.165) is 27.7 Å². The second kappa shape index (κ2) is 7.18. The van der Waals surface area contributed by atoms with Gasteiger partial charge in [-0.3, -0.25) is 0 Å². The lowest BCUT2D eigenvalue weighted by atomic mass is 9.97. The third kappa shape index (κ3) is 3.41. The number of rotatable bonds is 3. The summed E-state index contributed by atoms with van der Waals surface area (Å²) in [6.07, 6.45) is -0.777. The number of aromatic nitrogens is 1. The molecule has 2 heterocycles. The summed E-state index contributed by atoms with van der Waals surface area (Å²) in [4.78, 5) is 4.51. The van der Waals surface area contributed by atoms with Gasteiger partial charge in [0.05, 0.1) is 11.2 Å². The molecular formula is C24H18FNO3. The number of aliphatic hydroxyl groups excluding tert-OH is 1. The Kier molecular flexibility index (Phi) is 4.37. The minimum atomic E-state index is -0.777. The zero-order valence-electron chi connectivity index (χ0n) is 15.5. The Morgan fingerprint density at radius 1 is 1.00 bits per heavy atom. The van der Waals surface area contributed by atoms with Crippen LogP contribution in [0.1, 0.15) is 28.5 Å². The zero-order chi connectivity index (χ0) is 19.8. The van der Waals surface area contributed by atoms with E-state index in [1.807, 2.05) is 48.5 Å². The first-order valence-corrected chi connectivity index (χ1v) is 9.38. The molecule has 1 N–H and O–H groups in total. The van der Waals surface area contributed by atoms with Gasteiger partial charge in [-0.05, 0) is 53.6 Å². The van der Waals surface area contributed by atoms with Gasteiger partial charge in [-0.15, -0.1) is 0 Å². The first-order chi connectivity index (χ1) is 14.2. The molecule has 1 aromatic heterocycles. The molecule has 0 amide bonds. The molecule has 3 aromatic carbocycles. The molecule has 4 aromatic rings. The SMILES string of the molecule is OC1c2ccccc2COc2ccc(OCc3ccc4cc(F)ccc4n3)cc21. The van der Waals surface area contributed by atoms with Crippen LogP contribution in [0.3, 0.4) is 0 Å². The van der Waals surface area contributed by atoms with E-state index < -0.39 is 6.10 Å². The number of pyridine rings is 1. The van der Waals surface area contributed by atoms with E-state index in [0.29, 0.717) is 23.7 Å². The first kappa shape index (κ1) is 17.6. The molecule has 1 unspecified atom stereocenters. The predicted molar refractivity (Wildman–Crippen MR) is 107 cm³/mol. The lowest BCUT2D eigenvalue weighted by Gasteiger charge is -2.15. The summed E-state index contributed by atoms with van der Waals surface area (Å²) in [7, 11) is 0. The Hall–Kier alpha value is -3.44. The van der Waals surface area contributed by atoms with Crippen molar-refractivity contribution in [2.24, 2.45) is 0 Å². The molecule has 5 rings (SSSR count). The fourth-order valence-corrected chi connectivity index (χ4v) is 3.59. The van der Waals surface area contributed by atoms with Crippen molar-refractivity contribution in [1.82, 2.24) is 4.98 Å². The summed E-state index contributed by atoms with van der Waals surface area (Å²) in [6, 6.07) is 21.3. The summed E-state index contributed by atoms with van der Waals surface area (Å²) in [5.74, 6) is 0.981. The van der Waals surface area contributed by atoms with Crippen LogP contribution in [0.2, 0.25) is 0 Å². The maximum absolute atomic E-state index is 13.3. The second-order valence-electron chi connectivity index (χ2n) is 7.02. The standard InChI is InChI=1S/C24H18FNO3/c25-17-6-9-22-15(11-17)5-7-18(26-22)14-28-19-8-10-23-21(12-19)24(27)20-4-2-1-3-16(20)13-29-23/h1-12,24,27H,13-14H2. The number of hydrogen-bond donors (Lipinski definition) is 1. The van der Waals surface area contributed by atoms with E-state index in [9.17, 15) is 9.50 Å². The topological polar surface area (TPSA) is 51.6 Å². The molecule has 144 valence electrons. The van der Waals surface area contributed by atoms with Gasteiger partial charge in [0.25, 0.3) is 0 Å². The molecule has 4 nitrogen and oxygen atoms in total. The monoisotopic (exact) mass is 387 g/mol. The summed E-state index contributed by atoms with van der Waals surface area (Å²) in [5, 5.41) is 11.6. The first-order valence-electron chi connectivity index (χ1n) is 9.38. The van der Waals surface area contributed by atoms with Crippen molar-refractivity contribution in [2.45, 2.75) is 19.3 Å². The van der Waals surface area contributed by atoms with Gasteiger partial charge in [0.1, 0.15) is 36.6 Å². The highest BCUT2D eigenvalue weighted by atomic mass is 19.1. The van der Waals surface area contributed by atoms with Crippen LogP contribution in [0.4, 0.5) is 4.39 Å². The average molecular weight is 387 g/mol. The van der Waals surface area contributed by atoms with Crippen molar-refractivity contribution in [3.05, 3.63) is 101 Å². The molecule has 1 atom stereocenters. The summed E-state index contributed by atoms with van der Waals surface area (Å²) < 4.78 is 25.1. The molecule has 0 radical (unpaired) electrons. The number of fused-ring (bicyclic) bond motifs is 3. The Labute approximate surface area is 167 Å². The van der Waals surface area contributed by atoms with Crippen molar-refractivity contribution in [1.29, 1.82) is 0 Å². The number of aliphatic hydroxyl groups is 1. The van der Waals surface area contributed by atoms with E-state index in [1.54, 1.807) is 12.1 Å². The van der Waals surface area contributed by atoms with Crippen molar-refractivity contribution in [3.8, 4) is 11.5 Å². The van der Waals surface area contributed by atoms with Crippen LogP contribution >= 0.6 is 0 Å². The van der Waals surface area contributed by atoms with Crippen LogP contribution in [0, 0.1) is 5.82 Å². The van der Waals surface area contributed by atoms with Crippen molar-refractivity contribution in [2.75, 3.05) is 0 Å². The fraction of sp³-hybridized carbons (Fsp3) is 0.125. The van der Waals surface area contributed by atoms with Crippen LogP contribution in [-0.2, 0) is 13.2 Å². The normalized spacial score (nSPS) is 15.2. The van der Waals surface area contributed by atoms with Crippen LogP contribution in [0.5, 0.6) is 11.5 Å². The molecule has 0 spiro atoms. The van der Waals surface area contributed by atoms with Crippen molar-refractivity contribution >= 4 is 10.9 Å². The van der Waals surface area contributed by atoms with Gasteiger partial charge in [-0.25, -0.2) is 9.37 Å². The number of ether oxygens (including phenoxy) is 2. The lowest BCUT2D eigenvalue weighted by molar-refractivity contribution is 0.217. The molecular weight excluding hydrogens is 369 g/mol. The fourth-order valence-electron chi connectivity index (χ4n) is 3.59. The molecule has 0 saturated carbocycles. The van der Waals surface area contributed by atoms with Crippen LogP contribution in [-0.4, -0.2) is 10.1 Å². The maximum Gasteiger partial charge on any atom is 0.130 e. The molecule has 29 heavy (non-hydrogen) atoms. The van der Waals surface area contributed by atoms with Gasteiger partial charge in [-0.1, -0.05) is 30.3 Å². The van der Waals surface area contributed by atoms with Crippen molar-refractivity contribution < 1.29 is 19.0 Å². The molecule has 1 aliphatic heterocycles. The Bertz CT molecular complexity index is 1210. The summed E-state index contributed by atoms with van der Waals surface area (Å²) in [5.41, 5.74) is 3.94. The predicted octanol–water partition coefficient (Wildman–Crippen LogP) is 4.93. The number of halogens is 1. The largest absolute Gasteiger partial charge is 0.488 e. The van der Waals surface area contributed by atoms with Gasteiger partial charge in [-0.2, -0.15) is 0 Å². The molecule has 0 saturated heterocycles. The van der Waals surface area contributed by atoms with Crippen molar-refractivity contribution in [3.63, 3.8) is 0 Å². The summed E-state index contributed by atoms with van der Waals surface area (Å²) in [6.45, 7) is 0.682. The molecule has 0 fully saturated rings. The third-order valence-corrected chi connectivity index (χ3v) is 5.10. The smallest absolute Gasteiger partial charge is 0.130 e. The Morgan fingerprint density at radius 2 is 1.90 bits per heavy atom. The Morgan fingerprint density at radius 3 is 2.83 bits per heavy atom. The van der Waals surface area contributed by atoms with E-state index in [1.165, 1.54) is 12.1 Å². The Balaban J connectivity index is 1.39. The van der Waals surface area contributed by atoms with E-state index in [2.05, 4.69) is 4.98 Å². The van der Waals surface area contributed by atoms with Crippen LogP contribution in [0.15, 0.2) is 72.8 Å². The molecule has 0 aliphatic carbocycles. The third-order valence-electron chi connectivity index (χ3n) is 5.10. The number of nitrogens with zero attached hydrogens (tertiary/aromatic N) is 1. The highest BCUT2D eigenvalue weighted by molar-refractivity contribution is 5.78. The van der Waals surface area contributed by atoms with Gasteiger partial charge < -0.3 is 14.6 Å². The van der Waals surface area contributed by atoms with E-state index in [4.69, 9.17) is 9.47 Å². The zero-order valence-corrected chi connectivity index (χ0v) is 15.5. The minimum Gasteiger partial charge on any atom is -0.488 e. The summed E-state index contributed by atoms with van der Waals surface area (Å²) >= 11 is 0. The van der Waals surface area contributed by atoms with Gasteiger partial charge in [0.2, 0.25) is 0 Å². The van der Waals surface area contributed by atoms with Gasteiger partial charge in [0, 0.05) is 10.9 Å². The lowest BCUT2D eigenvalue weighted by Crippen LogP contribution is -2.02. The molecule has 1 aliphatic rings. The number of hydrogen-bond acceptors (Lipinski definition) is 4. The van der Waals surface area contributed by atoms with E-state index in [-0.39, 0.29) is 12.4 Å². The van der Waals surface area contributed by atoms with E-state index >= 15 is 0 Å². The number of benzene rings is 3. The second-order valence-corrected chi connectivity index (χ2v) is 7.02. The van der Waals surface area contributed by atoms with Crippen LogP contribution in [0.25, 0.3) is 10.9 Å². The average Bonchev–Trinajstić information content (AvgIpc) is 2.89. The van der Waals surface area contributed by atoms with Crippen LogP contribution < -0.4 is 9.47 Å². The van der Waals surface area contributed by atoms with Gasteiger partial charge in [0.15, 0.2) is 0 Å². The molecule has 0 bridgehead atoms. The molecule has 5 heteroatoms. The minimum absolute atomic E-state index is 0.264. The maximum atomic E-state index is 13.3. The highest BCUT2D eigenvalue weighted by Gasteiger charge is 2.23. The quantitative estimate of drug-likeness (QED) is 0.542. The van der Waals surface area contributed by atoms with Gasteiger partial charge >= 0.3 is 0 Å². The highest BCUT2D eigenvalue weighted by Crippen LogP contribution is 2.37.